The Bertz CT molecular complexity index is 1760. The predicted molar refractivity (Wildman–Crippen MR) is 352 cm³/mol. The van der Waals surface area contributed by atoms with Gasteiger partial charge >= 0.3 is 17.9 Å². The maximum atomic E-state index is 12.9. The molecule has 0 aliphatic heterocycles. The standard InChI is InChI=1S/C75H122O6/c1-4-7-10-13-16-19-22-25-27-29-31-33-34-35-36-37-38-39-40-42-43-45-47-50-53-56-59-62-65-68-74(77)80-71-72(70-79-73(76)67-64-61-58-55-52-49-24-21-18-15-12-9-6-3)81-75(78)69-66-63-60-57-54-51-48-46-44-41-32-30-28-26-23-20-17-14-11-8-5-2/h7,9-10,12,16,18-19,21,23,25-27,30-33,35-36,38-39,49,52,58,61,72H,4-6,8,11,13-15,17,20,22,24,28-29,34,37,40-48,50-51,53-57,59-60,62-71H2,1-3H3/b10-7-,12-9-,19-16-,21-18-,26-23-,27-25-,32-30-,33-31-,36-35-,39-38-,52-49-,61-58-. The molecule has 0 amide bonds. The van der Waals surface area contributed by atoms with Gasteiger partial charge in [-0.3, -0.25) is 14.4 Å². The molecule has 6 nitrogen and oxygen atoms in total. The van der Waals surface area contributed by atoms with Gasteiger partial charge in [-0.25, -0.2) is 0 Å². The Kier molecular flexibility index (Phi) is 63.9. The molecule has 0 aromatic carbocycles. The molecular formula is C75H122O6. The van der Waals surface area contributed by atoms with Crippen molar-refractivity contribution in [3.8, 4) is 0 Å². The SMILES string of the molecule is CC/C=C\C/C=C\C/C=C\C/C=C\C/C=C\C/C=C\CCCCCCCCCCCCC(=O)OCC(COC(=O)CC/C=C\C/C=C\C/C=C\C/C=C\CC)OC(=O)CCCCCCCCCCC/C=C\C/C=C\CCCCCCC. The molecule has 458 valence electrons. The Morgan fingerprint density at radius 3 is 0.827 bits per heavy atom. The van der Waals surface area contributed by atoms with E-state index in [2.05, 4.69) is 161 Å². The summed E-state index contributed by atoms with van der Waals surface area (Å²) in [4.78, 5) is 38.3. The van der Waals surface area contributed by atoms with Crippen LogP contribution in [0.4, 0.5) is 0 Å². The second kappa shape index (κ2) is 67.8. The van der Waals surface area contributed by atoms with Crippen molar-refractivity contribution < 1.29 is 28.6 Å². The van der Waals surface area contributed by atoms with Crippen LogP contribution in [0.5, 0.6) is 0 Å². The molecule has 6 heteroatoms. The van der Waals surface area contributed by atoms with Gasteiger partial charge in [0, 0.05) is 19.3 Å². The molecule has 81 heavy (non-hydrogen) atoms. The first-order chi connectivity index (χ1) is 40.0. The molecule has 0 heterocycles. The van der Waals surface area contributed by atoms with E-state index in [1.54, 1.807) is 0 Å². The van der Waals surface area contributed by atoms with Crippen molar-refractivity contribution in [3.05, 3.63) is 146 Å². The second-order valence-electron chi connectivity index (χ2n) is 21.6. The molecule has 0 saturated heterocycles. The monoisotopic (exact) mass is 1120 g/mol. The van der Waals surface area contributed by atoms with Crippen molar-refractivity contribution in [3.63, 3.8) is 0 Å². The fraction of sp³-hybridized carbons (Fsp3) is 0.640. The van der Waals surface area contributed by atoms with Crippen LogP contribution in [0.3, 0.4) is 0 Å². The van der Waals surface area contributed by atoms with Crippen molar-refractivity contribution in [1.29, 1.82) is 0 Å². The number of allylic oxidation sites excluding steroid dienone is 24. The van der Waals surface area contributed by atoms with Crippen molar-refractivity contribution >= 4 is 17.9 Å². The van der Waals surface area contributed by atoms with Gasteiger partial charge in [0.05, 0.1) is 0 Å². The van der Waals surface area contributed by atoms with E-state index in [1.807, 2.05) is 6.08 Å². The van der Waals surface area contributed by atoms with Crippen LogP contribution in [0.1, 0.15) is 290 Å². The minimum Gasteiger partial charge on any atom is -0.462 e. The third-order valence-electron chi connectivity index (χ3n) is 13.8. The highest BCUT2D eigenvalue weighted by molar-refractivity contribution is 5.71. The highest BCUT2D eigenvalue weighted by Crippen LogP contribution is 2.15. The molecule has 0 aliphatic carbocycles. The van der Waals surface area contributed by atoms with Gasteiger partial charge in [0.1, 0.15) is 13.2 Å². The summed E-state index contributed by atoms with van der Waals surface area (Å²) in [7, 11) is 0. The topological polar surface area (TPSA) is 78.9 Å². The summed E-state index contributed by atoms with van der Waals surface area (Å²) in [6, 6.07) is 0. The maximum Gasteiger partial charge on any atom is 0.306 e. The third-order valence-corrected chi connectivity index (χ3v) is 13.8. The van der Waals surface area contributed by atoms with Crippen LogP contribution in [0, 0.1) is 0 Å². The Morgan fingerprint density at radius 2 is 0.506 bits per heavy atom. The van der Waals surface area contributed by atoms with Crippen LogP contribution in [-0.2, 0) is 28.6 Å². The Labute approximate surface area is 499 Å². The van der Waals surface area contributed by atoms with Gasteiger partial charge in [-0.1, -0.05) is 289 Å². The van der Waals surface area contributed by atoms with E-state index < -0.39 is 6.10 Å². The summed E-state index contributed by atoms with van der Waals surface area (Å²) in [5.41, 5.74) is 0. The van der Waals surface area contributed by atoms with Crippen LogP contribution in [0.15, 0.2) is 146 Å². The first kappa shape index (κ1) is 76.3. The highest BCUT2D eigenvalue weighted by Gasteiger charge is 2.19. The fourth-order valence-electron chi connectivity index (χ4n) is 8.90. The van der Waals surface area contributed by atoms with Crippen molar-refractivity contribution in [2.45, 2.75) is 297 Å². The largest absolute Gasteiger partial charge is 0.462 e. The van der Waals surface area contributed by atoms with Gasteiger partial charge in [-0.05, 0) is 128 Å². The molecule has 0 aliphatic rings. The van der Waals surface area contributed by atoms with E-state index in [0.29, 0.717) is 19.3 Å². The number of esters is 3. The van der Waals surface area contributed by atoms with Crippen LogP contribution >= 0.6 is 0 Å². The van der Waals surface area contributed by atoms with Crippen molar-refractivity contribution in [1.82, 2.24) is 0 Å². The minimum atomic E-state index is -0.818. The van der Waals surface area contributed by atoms with E-state index in [-0.39, 0.29) is 37.5 Å². The smallest absolute Gasteiger partial charge is 0.306 e. The van der Waals surface area contributed by atoms with Gasteiger partial charge in [0.25, 0.3) is 0 Å². The molecule has 1 atom stereocenters. The van der Waals surface area contributed by atoms with Crippen LogP contribution in [0.2, 0.25) is 0 Å². The van der Waals surface area contributed by atoms with Crippen LogP contribution < -0.4 is 0 Å². The number of unbranched alkanes of at least 4 members (excludes halogenated alkanes) is 24. The van der Waals surface area contributed by atoms with E-state index in [0.717, 1.165) is 116 Å². The Hall–Kier alpha value is -4.71. The predicted octanol–water partition coefficient (Wildman–Crippen LogP) is 23.1. The lowest BCUT2D eigenvalue weighted by Crippen LogP contribution is -2.30. The number of ether oxygens (including phenoxy) is 3. The molecule has 0 N–H and O–H groups in total. The number of carbonyl (C=O) groups is 3. The van der Waals surface area contributed by atoms with E-state index >= 15 is 0 Å². The van der Waals surface area contributed by atoms with Crippen LogP contribution in [0.25, 0.3) is 0 Å². The minimum absolute atomic E-state index is 0.108. The zero-order valence-corrected chi connectivity index (χ0v) is 52.5. The number of hydrogen-bond donors (Lipinski definition) is 0. The van der Waals surface area contributed by atoms with Gasteiger partial charge in [-0.15, -0.1) is 0 Å². The fourth-order valence-corrected chi connectivity index (χ4v) is 8.90. The van der Waals surface area contributed by atoms with Gasteiger partial charge in [0.15, 0.2) is 6.10 Å². The number of carbonyl (C=O) groups excluding carboxylic acids is 3. The average Bonchev–Trinajstić information content (AvgIpc) is 3.46. The third kappa shape index (κ3) is 66.0. The molecule has 0 bridgehead atoms. The molecule has 0 rings (SSSR count). The van der Waals surface area contributed by atoms with Gasteiger partial charge in [0.2, 0.25) is 0 Å². The second-order valence-corrected chi connectivity index (χ2v) is 21.6. The van der Waals surface area contributed by atoms with E-state index in [1.165, 1.54) is 128 Å². The lowest BCUT2D eigenvalue weighted by Gasteiger charge is -2.18. The average molecular weight is 1120 g/mol. The quantitative estimate of drug-likeness (QED) is 0.0261. The summed E-state index contributed by atoms with van der Waals surface area (Å²) in [6.45, 7) is 6.34. The summed E-state index contributed by atoms with van der Waals surface area (Å²) in [5, 5.41) is 0. The lowest BCUT2D eigenvalue weighted by atomic mass is 10.1. The maximum absolute atomic E-state index is 12.9. The molecule has 0 spiro atoms. The van der Waals surface area contributed by atoms with Gasteiger partial charge in [-0.2, -0.15) is 0 Å². The number of hydrogen-bond acceptors (Lipinski definition) is 6. The first-order valence-electron chi connectivity index (χ1n) is 33.3. The zero-order valence-electron chi connectivity index (χ0n) is 52.5. The molecule has 0 radical (unpaired) electrons. The molecular weight excluding hydrogens is 997 g/mol. The van der Waals surface area contributed by atoms with E-state index in [4.69, 9.17) is 14.2 Å². The zero-order chi connectivity index (χ0) is 58.5. The molecule has 0 aromatic heterocycles. The molecule has 0 aromatic rings. The molecule has 0 saturated carbocycles. The highest BCUT2D eigenvalue weighted by atomic mass is 16.6. The molecule has 0 fully saturated rings. The normalized spacial score (nSPS) is 13.1. The van der Waals surface area contributed by atoms with E-state index in [9.17, 15) is 14.4 Å². The van der Waals surface area contributed by atoms with Crippen LogP contribution in [-0.4, -0.2) is 37.2 Å². The molecule has 1 unspecified atom stereocenters. The Morgan fingerprint density at radius 1 is 0.259 bits per heavy atom. The van der Waals surface area contributed by atoms with Crippen molar-refractivity contribution in [2.24, 2.45) is 0 Å². The first-order valence-corrected chi connectivity index (χ1v) is 33.3. The summed E-state index contributed by atoms with van der Waals surface area (Å²) < 4.78 is 16.9. The summed E-state index contributed by atoms with van der Waals surface area (Å²) in [6.07, 6.45) is 97.3. The Balaban J connectivity index is 4.36. The van der Waals surface area contributed by atoms with Crippen molar-refractivity contribution in [2.75, 3.05) is 13.2 Å². The number of rotatable bonds is 59. The lowest BCUT2D eigenvalue weighted by molar-refractivity contribution is -0.166. The van der Waals surface area contributed by atoms with Gasteiger partial charge < -0.3 is 14.2 Å². The summed E-state index contributed by atoms with van der Waals surface area (Å²) >= 11 is 0. The summed E-state index contributed by atoms with van der Waals surface area (Å²) in [5.74, 6) is -0.999.